The van der Waals surface area contributed by atoms with Gasteiger partial charge >= 0.3 is 5.97 Å². The van der Waals surface area contributed by atoms with Crippen molar-refractivity contribution in [1.29, 1.82) is 0 Å². The van der Waals surface area contributed by atoms with Crippen LogP contribution in [-0.2, 0) is 0 Å². The molecule has 4 aromatic carbocycles. The Bertz CT molecular complexity index is 1680. The Morgan fingerprint density at radius 1 is 0.838 bits per heavy atom. The van der Waals surface area contributed by atoms with E-state index in [1.807, 2.05) is 66.7 Å². The molecule has 0 N–H and O–H groups in total. The number of esters is 1. The van der Waals surface area contributed by atoms with Crippen LogP contribution >= 0.6 is 0 Å². The minimum atomic E-state index is -0.670. The summed E-state index contributed by atoms with van der Waals surface area (Å²) < 4.78 is 22.3. The summed E-state index contributed by atoms with van der Waals surface area (Å²) in [6.07, 6.45) is 1.70. The zero-order valence-corrected chi connectivity index (χ0v) is 19.8. The van der Waals surface area contributed by atoms with Gasteiger partial charge in [0.2, 0.25) is 11.5 Å². The second kappa shape index (κ2) is 9.17. The Morgan fingerprint density at radius 3 is 2.41 bits per heavy atom. The predicted molar refractivity (Wildman–Crippen MR) is 139 cm³/mol. The molecular formula is C31H20O6. The molecule has 0 bridgehead atoms. The molecule has 37 heavy (non-hydrogen) atoms. The molecule has 0 unspecified atom stereocenters. The number of ketones is 1. The molecule has 0 spiro atoms. The number of allylic oxidation sites excluding steroid dienone is 1. The van der Waals surface area contributed by atoms with E-state index in [0.29, 0.717) is 22.6 Å². The first-order valence-electron chi connectivity index (χ1n) is 11.6. The second-order valence-corrected chi connectivity index (χ2v) is 8.46. The van der Waals surface area contributed by atoms with Crippen molar-refractivity contribution < 1.29 is 28.2 Å². The van der Waals surface area contributed by atoms with E-state index in [4.69, 9.17) is 18.6 Å². The maximum atomic E-state index is 12.9. The lowest BCUT2D eigenvalue weighted by molar-refractivity contribution is 0.0703. The molecule has 0 fully saturated rings. The Labute approximate surface area is 212 Å². The summed E-state index contributed by atoms with van der Waals surface area (Å²) in [6.45, 7) is 0. The highest BCUT2D eigenvalue weighted by Gasteiger charge is 2.28. The van der Waals surface area contributed by atoms with Crippen LogP contribution in [-0.4, -0.2) is 18.9 Å². The van der Waals surface area contributed by atoms with Crippen LogP contribution in [0.25, 0.3) is 28.2 Å². The molecule has 0 aliphatic carbocycles. The van der Waals surface area contributed by atoms with Gasteiger partial charge in [0.15, 0.2) is 17.1 Å². The molecule has 1 aromatic heterocycles. The summed E-state index contributed by atoms with van der Waals surface area (Å²) in [5.74, 6) is 0.425. The molecule has 6 heteroatoms. The number of fused-ring (bicyclic) bond motifs is 2. The highest BCUT2D eigenvalue weighted by Crippen LogP contribution is 2.36. The largest absolute Gasteiger partial charge is 0.493 e. The van der Waals surface area contributed by atoms with E-state index in [1.54, 1.807) is 30.3 Å². The topological polar surface area (TPSA) is 75.0 Å². The number of hydrogen-bond acceptors (Lipinski definition) is 6. The van der Waals surface area contributed by atoms with Crippen molar-refractivity contribution in [3.8, 4) is 28.4 Å². The molecule has 0 saturated heterocycles. The van der Waals surface area contributed by atoms with Crippen LogP contribution < -0.4 is 14.2 Å². The Morgan fingerprint density at radius 2 is 1.62 bits per heavy atom. The smallest absolute Gasteiger partial charge is 0.379 e. The van der Waals surface area contributed by atoms with Crippen molar-refractivity contribution in [3.63, 3.8) is 0 Å². The molecule has 0 atom stereocenters. The molecular weight excluding hydrogens is 468 g/mol. The van der Waals surface area contributed by atoms with Crippen molar-refractivity contribution in [2.45, 2.75) is 0 Å². The first-order valence-corrected chi connectivity index (χ1v) is 11.6. The van der Waals surface area contributed by atoms with Crippen LogP contribution in [0.3, 0.4) is 0 Å². The van der Waals surface area contributed by atoms with Gasteiger partial charge in [0.05, 0.1) is 12.7 Å². The Hall–Kier alpha value is -5.10. The number of methoxy groups -OCH3 is 1. The molecule has 0 saturated carbocycles. The monoisotopic (exact) mass is 488 g/mol. The summed E-state index contributed by atoms with van der Waals surface area (Å²) in [4.78, 5) is 25.6. The van der Waals surface area contributed by atoms with Crippen LogP contribution in [0.2, 0.25) is 0 Å². The third-order valence-electron chi connectivity index (χ3n) is 6.10. The zero-order chi connectivity index (χ0) is 25.4. The van der Waals surface area contributed by atoms with Crippen molar-refractivity contribution in [3.05, 3.63) is 120 Å². The lowest BCUT2D eigenvalue weighted by atomic mass is 10.0. The number of carbonyl (C=O) groups is 2. The number of hydrogen-bond donors (Lipinski definition) is 0. The maximum absolute atomic E-state index is 12.9. The SMILES string of the molecule is COc1cccc2cc(C(=O)Oc3ccc4c(c3)O/C(=C\c3ccc(-c5ccccc5)cc3)C4=O)oc12. The van der Waals surface area contributed by atoms with Gasteiger partial charge < -0.3 is 18.6 Å². The lowest BCUT2D eigenvalue weighted by Gasteiger charge is -2.04. The standard InChI is InChI=1S/C31H20O6/c1-34-25-9-5-8-22-17-28(37-30(22)25)31(33)35-23-14-15-24-26(18-23)36-27(29(24)32)16-19-10-12-21(13-11-19)20-6-3-2-4-7-20/h2-18H,1H3/b27-16-. The highest BCUT2D eigenvalue weighted by molar-refractivity contribution is 6.14. The van der Waals surface area contributed by atoms with Gasteiger partial charge in [-0.25, -0.2) is 4.79 Å². The fourth-order valence-electron chi connectivity index (χ4n) is 4.24. The second-order valence-electron chi connectivity index (χ2n) is 8.46. The van der Waals surface area contributed by atoms with E-state index >= 15 is 0 Å². The minimum absolute atomic E-state index is 0.0385. The number of furan rings is 1. The fraction of sp³-hybridized carbons (Fsp3) is 0.0323. The van der Waals surface area contributed by atoms with Crippen LogP contribution in [0, 0.1) is 0 Å². The van der Waals surface area contributed by atoms with Crippen LogP contribution in [0.15, 0.2) is 107 Å². The summed E-state index contributed by atoms with van der Waals surface area (Å²) >= 11 is 0. The summed E-state index contributed by atoms with van der Waals surface area (Å²) in [5.41, 5.74) is 3.90. The molecule has 180 valence electrons. The van der Waals surface area contributed by atoms with Crippen LogP contribution in [0.4, 0.5) is 0 Å². The molecule has 0 radical (unpaired) electrons. The fourth-order valence-corrected chi connectivity index (χ4v) is 4.24. The lowest BCUT2D eigenvalue weighted by Crippen LogP contribution is -2.07. The van der Waals surface area contributed by atoms with Crippen molar-refractivity contribution >= 4 is 28.8 Å². The first kappa shape index (κ1) is 22.4. The van der Waals surface area contributed by atoms with Crippen molar-refractivity contribution in [2.75, 3.05) is 7.11 Å². The van der Waals surface area contributed by atoms with E-state index in [0.717, 1.165) is 22.1 Å². The van der Waals surface area contributed by atoms with Crippen LogP contribution in [0.5, 0.6) is 17.2 Å². The first-order chi connectivity index (χ1) is 18.1. The van der Waals surface area contributed by atoms with E-state index in [1.165, 1.54) is 13.2 Å². The van der Waals surface area contributed by atoms with Gasteiger partial charge in [0.25, 0.3) is 0 Å². The van der Waals surface area contributed by atoms with Crippen molar-refractivity contribution in [2.24, 2.45) is 0 Å². The Balaban J connectivity index is 1.19. The number of para-hydroxylation sites is 1. The normalized spacial score (nSPS) is 13.4. The number of ether oxygens (including phenoxy) is 3. The average Bonchev–Trinajstić information content (AvgIpc) is 3.51. The number of rotatable bonds is 5. The summed E-state index contributed by atoms with van der Waals surface area (Å²) in [6, 6.07) is 29.6. The molecule has 0 amide bonds. The molecule has 6 nitrogen and oxygen atoms in total. The van der Waals surface area contributed by atoms with Crippen molar-refractivity contribution in [1.82, 2.24) is 0 Å². The van der Waals surface area contributed by atoms with Gasteiger partial charge in [-0.3, -0.25) is 4.79 Å². The molecule has 6 rings (SSSR count). The molecule has 1 aliphatic heterocycles. The van der Waals surface area contributed by atoms with E-state index in [2.05, 4.69) is 0 Å². The molecule has 5 aromatic rings. The molecule has 1 aliphatic rings. The third-order valence-corrected chi connectivity index (χ3v) is 6.10. The summed E-state index contributed by atoms with van der Waals surface area (Å²) in [7, 11) is 1.53. The van der Waals surface area contributed by atoms with Crippen LogP contribution in [0.1, 0.15) is 26.5 Å². The predicted octanol–water partition coefficient (Wildman–Crippen LogP) is 6.94. The minimum Gasteiger partial charge on any atom is -0.493 e. The quantitative estimate of drug-likeness (QED) is 0.151. The number of benzene rings is 4. The van der Waals surface area contributed by atoms with Gasteiger partial charge in [-0.05, 0) is 47.0 Å². The maximum Gasteiger partial charge on any atom is 0.379 e. The van der Waals surface area contributed by atoms with Gasteiger partial charge in [-0.2, -0.15) is 0 Å². The zero-order valence-electron chi connectivity index (χ0n) is 19.8. The van der Waals surface area contributed by atoms with E-state index in [-0.39, 0.29) is 23.1 Å². The number of Topliss-reactive ketones (excluding diaryl/α,β-unsaturated/α-hetero) is 1. The Kier molecular flexibility index (Phi) is 5.54. The third kappa shape index (κ3) is 4.25. The summed E-state index contributed by atoms with van der Waals surface area (Å²) in [5, 5.41) is 0.723. The van der Waals surface area contributed by atoms with Gasteiger partial charge in [0, 0.05) is 11.5 Å². The van der Waals surface area contributed by atoms with Gasteiger partial charge in [0.1, 0.15) is 11.5 Å². The average molecular weight is 488 g/mol. The van der Waals surface area contributed by atoms with E-state index in [9.17, 15) is 9.59 Å². The molecule has 2 heterocycles. The highest BCUT2D eigenvalue weighted by atomic mass is 16.6. The number of carbonyl (C=O) groups excluding carboxylic acids is 2. The van der Waals surface area contributed by atoms with Gasteiger partial charge in [-0.1, -0.05) is 66.7 Å². The van der Waals surface area contributed by atoms with Gasteiger partial charge in [-0.15, -0.1) is 0 Å². The van der Waals surface area contributed by atoms with E-state index < -0.39 is 5.97 Å².